The summed E-state index contributed by atoms with van der Waals surface area (Å²) in [6.45, 7) is 3.09. The first kappa shape index (κ1) is 15.8. The van der Waals surface area contributed by atoms with Crippen molar-refractivity contribution in [2.24, 2.45) is 5.73 Å². The summed E-state index contributed by atoms with van der Waals surface area (Å²) in [5.74, 6) is 0.227. The maximum atomic E-state index is 10.7. The van der Waals surface area contributed by atoms with Crippen LogP contribution in [0.25, 0.3) is 0 Å². The number of carbonyl (C=O) groups is 1. The van der Waals surface area contributed by atoms with E-state index in [1.54, 1.807) is 0 Å². The Hall–Kier alpha value is -1.59. The maximum absolute atomic E-state index is 10.7. The van der Waals surface area contributed by atoms with Crippen LogP contribution in [0.5, 0.6) is 5.75 Å². The van der Waals surface area contributed by atoms with Crippen molar-refractivity contribution in [3.63, 3.8) is 0 Å². The fourth-order valence-electron chi connectivity index (χ4n) is 2.82. The molecular weight excluding hydrogens is 266 g/mol. The zero-order chi connectivity index (χ0) is 15.1. The Bertz CT molecular complexity index is 445. The van der Waals surface area contributed by atoms with Gasteiger partial charge in [0.25, 0.3) is 5.91 Å². The lowest BCUT2D eigenvalue weighted by molar-refractivity contribution is -0.119. The lowest BCUT2D eigenvalue weighted by Gasteiger charge is -2.35. The van der Waals surface area contributed by atoms with Gasteiger partial charge in [-0.05, 0) is 44.1 Å². The first-order valence-electron chi connectivity index (χ1n) is 7.57. The second-order valence-electron chi connectivity index (χ2n) is 5.58. The number of benzene rings is 1. The van der Waals surface area contributed by atoms with Gasteiger partial charge in [0.1, 0.15) is 5.75 Å². The molecule has 116 valence electrons. The van der Waals surface area contributed by atoms with Crippen LogP contribution in [0.3, 0.4) is 0 Å². The first-order chi connectivity index (χ1) is 10.2. The zero-order valence-corrected chi connectivity index (χ0v) is 12.7. The summed E-state index contributed by atoms with van der Waals surface area (Å²) in [5.41, 5.74) is 6.33. The van der Waals surface area contributed by atoms with E-state index in [2.05, 4.69) is 22.3 Å². The molecule has 1 aliphatic rings. The molecular formula is C16H25N3O2. The van der Waals surface area contributed by atoms with E-state index < -0.39 is 5.91 Å². The van der Waals surface area contributed by atoms with Gasteiger partial charge in [-0.1, -0.05) is 18.6 Å². The second-order valence-corrected chi connectivity index (χ2v) is 5.58. The molecule has 1 amide bonds. The normalized spacial score (nSPS) is 19.4. The molecule has 0 bridgehead atoms. The summed E-state index contributed by atoms with van der Waals surface area (Å²) in [6.07, 6.45) is 3.86. The van der Waals surface area contributed by atoms with E-state index in [1.807, 2.05) is 19.2 Å². The molecule has 1 unspecified atom stereocenters. The summed E-state index contributed by atoms with van der Waals surface area (Å²) >= 11 is 0. The molecule has 1 heterocycles. The van der Waals surface area contributed by atoms with Gasteiger partial charge in [0.2, 0.25) is 0 Å². The maximum Gasteiger partial charge on any atom is 0.255 e. The highest BCUT2D eigenvalue weighted by molar-refractivity contribution is 5.75. The van der Waals surface area contributed by atoms with Crippen molar-refractivity contribution < 1.29 is 9.53 Å². The summed E-state index contributed by atoms with van der Waals surface area (Å²) in [6, 6.07) is 8.53. The van der Waals surface area contributed by atoms with Crippen LogP contribution in [0.2, 0.25) is 0 Å². The van der Waals surface area contributed by atoms with E-state index in [0.717, 1.165) is 19.6 Å². The van der Waals surface area contributed by atoms with Crippen molar-refractivity contribution in [1.29, 1.82) is 0 Å². The Morgan fingerprint density at radius 1 is 1.38 bits per heavy atom. The van der Waals surface area contributed by atoms with Gasteiger partial charge in [-0.2, -0.15) is 0 Å². The predicted molar refractivity (Wildman–Crippen MR) is 83.1 cm³/mol. The molecule has 2 rings (SSSR count). The van der Waals surface area contributed by atoms with Crippen molar-refractivity contribution in [3.05, 3.63) is 29.8 Å². The minimum absolute atomic E-state index is 0.0737. The number of likely N-dealkylation sites (tertiary alicyclic amines) is 1. The smallest absolute Gasteiger partial charge is 0.255 e. The minimum atomic E-state index is -0.456. The Balaban J connectivity index is 1.90. The molecule has 0 aromatic heterocycles. The summed E-state index contributed by atoms with van der Waals surface area (Å²) in [7, 11) is 2.01. The van der Waals surface area contributed by atoms with Crippen LogP contribution >= 0.6 is 0 Å². The third kappa shape index (κ3) is 5.02. The van der Waals surface area contributed by atoms with Crippen LogP contribution in [0.4, 0.5) is 0 Å². The molecule has 3 N–H and O–H groups in total. The number of hydrogen-bond acceptors (Lipinski definition) is 4. The third-order valence-corrected chi connectivity index (χ3v) is 3.88. The van der Waals surface area contributed by atoms with Crippen LogP contribution < -0.4 is 15.8 Å². The molecule has 0 saturated carbocycles. The van der Waals surface area contributed by atoms with Gasteiger partial charge in [0, 0.05) is 19.1 Å². The van der Waals surface area contributed by atoms with Crippen molar-refractivity contribution in [2.45, 2.75) is 31.8 Å². The number of nitrogens with zero attached hydrogens (tertiary/aromatic N) is 1. The molecule has 5 heteroatoms. The fourth-order valence-corrected chi connectivity index (χ4v) is 2.82. The fraction of sp³-hybridized carbons (Fsp3) is 0.562. The van der Waals surface area contributed by atoms with Crippen LogP contribution in [0, 0.1) is 0 Å². The predicted octanol–water partition coefficient (Wildman–Crippen LogP) is 1.12. The molecule has 1 atom stereocenters. The van der Waals surface area contributed by atoms with Gasteiger partial charge in [0.05, 0.1) is 0 Å². The molecule has 1 fully saturated rings. The zero-order valence-electron chi connectivity index (χ0n) is 12.7. The average Bonchev–Trinajstić information content (AvgIpc) is 2.49. The van der Waals surface area contributed by atoms with E-state index in [-0.39, 0.29) is 6.61 Å². The molecule has 1 aromatic rings. The number of ether oxygens (including phenoxy) is 1. The van der Waals surface area contributed by atoms with E-state index in [1.165, 1.54) is 24.8 Å². The molecule has 1 aliphatic heterocycles. The van der Waals surface area contributed by atoms with Gasteiger partial charge in [-0.3, -0.25) is 9.69 Å². The number of carbonyl (C=O) groups excluding carboxylic acids is 1. The summed E-state index contributed by atoms with van der Waals surface area (Å²) in [4.78, 5) is 13.2. The number of likely N-dealkylation sites (N-methyl/N-ethyl adjacent to an activating group) is 1. The lowest BCUT2D eigenvalue weighted by atomic mass is 10.0. The summed E-state index contributed by atoms with van der Waals surface area (Å²) < 4.78 is 5.27. The quantitative estimate of drug-likeness (QED) is 0.790. The van der Waals surface area contributed by atoms with Crippen LogP contribution in [-0.4, -0.2) is 43.6 Å². The third-order valence-electron chi connectivity index (χ3n) is 3.88. The Labute approximate surface area is 126 Å². The highest BCUT2D eigenvalue weighted by Crippen LogP contribution is 2.20. The van der Waals surface area contributed by atoms with E-state index in [4.69, 9.17) is 10.5 Å². The molecule has 1 saturated heterocycles. The highest BCUT2D eigenvalue weighted by Gasteiger charge is 2.21. The Morgan fingerprint density at radius 3 is 2.81 bits per heavy atom. The molecule has 0 radical (unpaired) electrons. The number of piperidine rings is 1. The van der Waals surface area contributed by atoms with Gasteiger partial charge in [0.15, 0.2) is 6.61 Å². The number of amides is 1. The van der Waals surface area contributed by atoms with Crippen LogP contribution in [-0.2, 0) is 11.3 Å². The number of nitrogens with one attached hydrogen (secondary N) is 1. The molecule has 21 heavy (non-hydrogen) atoms. The van der Waals surface area contributed by atoms with Gasteiger partial charge >= 0.3 is 0 Å². The number of nitrogens with two attached hydrogens (primary N) is 1. The topological polar surface area (TPSA) is 67.6 Å². The van der Waals surface area contributed by atoms with Crippen LogP contribution in [0.15, 0.2) is 24.3 Å². The second kappa shape index (κ2) is 8.00. The van der Waals surface area contributed by atoms with Crippen molar-refractivity contribution in [2.75, 3.05) is 26.7 Å². The van der Waals surface area contributed by atoms with Gasteiger partial charge < -0.3 is 15.8 Å². The molecule has 0 spiro atoms. The van der Waals surface area contributed by atoms with Crippen molar-refractivity contribution in [3.8, 4) is 5.75 Å². The van der Waals surface area contributed by atoms with E-state index in [0.29, 0.717) is 11.8 Å². The largest absolute Gasteiger partial charge is 0.484 e. The van der Waals surface area contributed by atoms with Gasteiger partial charge in [-0.25, -0.2) is 0 Å². The summed E-state index contributed by atoms with van der Waals surface area (Å²) in [5, 5.41) is 3.28. The highest BCUT2D eigenvalue weighted by atomic mass is 16.5. The first-order valence-corrected chi connectivity index (χ1v) is 7.57. The lowest BCUT2D eigenvalue weighted by Crippen LogP contribution is -2.44. The Morgan fingerprint density at radius 2 is 2.14 bits per heavy atom. The average molecular weight is 291 g/mol. The minimum Gasteiger partial charge on any atom is -0.484 e. The molecule has 1 aromatic carbocycles. The monoisotopic (exact) mass is 291 g/mol. The van der Waals surface area contributed by atoms with Crippen LogP contribution in [0.1, 0.15) is 24.8 Å². The van der Waals surface area contributed by atoms with E-state index >= 15 is 0 Å². The van der Waals surface area contributed by atoms with Crippen molar-refractivity contribution >= 4 is 5.91 Å². The van der Waals surface area contributed by atoms with E-state index in [9.17, 15) is 4.79 Å². The Kier molecular flexibility index (Phi) is 6.02. The number of primary amides is 1. The number of hydrogen-bond donors (Lipinski definition) is 2. The molecule has 0 aliphatic carbocycles. The number of rotatable bonds is 7. The molecule has 5 nitrogen and oxygen atoms in total. The van der Waals surface area contributed by atoms with Gasteiger partial charge in [-0.15, -0.1) is 0 Å². The SMILES string of the molecule is CNCC1CCCCN1Cc1ccc(OCC(N)=O)cc1. The standard InChI is InChI=1S/C16H25N3O2/c1-18-10-14-4-2-3-9-19(14)11-13-5-7-15(8-6-13)21-12-16(17)20/h5-8,14,18H,2-4,9-12H2,1H3,(H2,17,20). The van der Waals surface area contributed by atoms with Crippen molar-refractivity contribution in [1.82, 2.24) is 10.2 Å².